The number of amides is 1. The second-order valence-corrected chi connectivity index (χ2v) is 9.76. The maximum atomic E-state index is 13.3. The van der Waals surface area contributed by atoms with Gasteiger partial charge in [0.05, 0.1) is 4.91 Å². The zero-order valence-electron chi connectivity index (χ0n) is 19.1. The third-order valence-corrected chi connectivity index (χ3v) is 6.95. The van der Waals surface area contributed by atoms with Crippen LogP contribution in [0.2, 0.25) is 0 Å². The smallest absolute Gasteiger partial charge is 0.269 e. The summed E-state index contributed by atoms with van der Waals surface area (Å²) < 4.78 is 7.94. The number of ether oxygens (including phenoxy) is 1. The van der Waals surface area contributed by atoms with Gasteiger partial charge in [-0.05, 0) is 36.8 Å². The van der Waals surface area contributed by atoms with Crippen molar-refractivity contribution in [3.63, 3.8) is 0 Å². The molecule has 1 amide bonds. The Morgan fingerprint density at radius 2 is 1.74 bits per heavy atom. The molecular formula is C26H27N3O3S2. The van der Waals surface area contributed by atoms with Crippen LogP contribution in [0.1, 0.15) is 51.0 Å². The van der Waals surface area contributed by atoms with E-state index in [1.165, 1.54) is 35.4 Å². The molecule has 0 bridgehead atoms. The molecule has 0 N–H and O–H groups in total. The number of unbranched alkanes of at least 4 members (excludes halogenated alkanes) is 5. The third kappa shape index (κ3) is 5.56. The molecule has 0 aliphatic carbocycles. The molecule has 176 valence electrons. The van der Waals surface area contributed by atoms with Gasteiger partial charge in [0, 0.05) is 12.7 Å². The SMILES string of the molecule is CCCCCCCCN1C(=O)C(=Cc2c(Oc3ccccc3)nc3ccccn3c2=O)SC1=S. The van der Waals surface area contributed by atoms with E-state index in [0.717, 1.165) is 19.3 Å². The summed E-state index contributed by atoms with van der Waals surface area (Å²) >= 11 is 6.69. The summed E-state index contributed by atoms with van der Waals surface area (Å²) in [4.78, 5) is 33.0. The average Bonchev–Trinajstić information content (AvgIpc) is 3.11. The molecule has 0 radical (unpaired) electrons. The number of thioether (sulfide) groups is 1. The molecular weight excluding hydrogens is 466 g/mol. The van der Waals surface area contributed by atoms with Crippen molar-refractivity contribution in [3.05, 3.63) is 75.6 Å². The fourth-order valence-electron chi connectivity index (χ4n) is 3.76. The van der Waals surface area contributed by atoms with Gasteiger partial charge in [-0.15, -0.1) is 0 Å². The van der Waals surface area contributed by atoms with Gasteiger partial charge in [0.25, 0.3) is 11.5 Å². The van der Waals surface area contributed by atoms with Crippen LogP contribution in [0.5, 0.6) is 11.6 Å². The van der Waals surface area contributed by atoms with E-state index in [4.69, 9.17) is 17.0 Å². The lowest BCUT2D eigenvalue weighted by molar-refractivity contribution is -0.122. The number of carbonyl (C=O) groups excluding carboxylic acids is 1. The molecule has 0 atom stereocenters. The Kier molecular flexibility index (Phi) is 8.13. The van der Waals surface area contributed by atoms with Crippen LogP contribution in [0.4, 0.5) is 0 Å². The molecule has 6 nitrogen and oxygen atoms in total. The molecule has 4 rings (SSSR count). The number of aromatic nitrogens is 2. The third-order valence-electron chi connectivity index (χ3n) is 5.58. The number of rotatable bonds is 10. The summed E-state index contributed by atoms with van der Waals surface area (Å²) in [5, 5.41) is 0. The summed E-state index contributed by atoms with van der Waals surface area (Å²) in [7, 11) is 0. The number of benzene rings is 1. The standard InChI is InChI=1S/C26H27N3O3S2/c1-2-3-4-5-6-11-17-29-25(31)21(34-26(29)33)18-20-23(32-19-13-8-7-9-14-19)27-22-15-10-12-16-28(22)24(20)30/h7-10,12-16,18H,2-6,11,17H2,1H3. The molecule has 0 saturated carbocycles. The average molecular weight is 494 g/mol. The quantitative estimate of drug-likeness (QED) is 0.195. The van der Waals surface area contributed by atoms with E-state index in [0.29, 0.717) is 27.2 Å². The predicted octanol–water partition coefficient (Wildman–Crippen LogP) is 6.05. The minimum Gasteiger partial charge on any atom is -0.438 e. The zero-order valence-corrected chi connectivity index (χ0v) is 20.7. The first-order valence-corrected chi connectivity index (χ1v) is 12.8. The molecule has 8 heteroatoms. The Morgan fingerprint density at radius 3 is 2.53 bits per heavy atom. The van der Waals surface area contributed by atoms with Crippen LogP contribution in [0.25, 0.3) is 11.7 Å². The van der Waals surface area contributed by atoms with Gasteiger partial charge in [-0.2, -0.15) is 4.98 Å². The predicted molar refractivity (Wildman–Crippen MR) is 141 cm³/mol. The van der Waals surface area contributed by atoms with Crippen LogP contribution < -0.4 is 10.3 Å². The lowest BCUT2D eigenvalue weighted by Gasteiger charge is -2.14. The van der Waals surface area contributed by atoms with Gasteiger partial charge in [-0.3, -0.25) is 18.9 Å². The van der Waals surface area contributed by atoms with Crippen LogP contribution in [-0.2, 0) is 4.79 Å². The van der Waals surface area contributed by atoms with Gasteiger partial charge in [-0.25, -0.2) is 0 Å². The Balaban J connectivity index is 1.61. The summed E-state index contributed by atoms with van der Waals surface area (Å²) in [6.45, 7) is 2.79. The van der Waals surface area contributed by atoms with Gasteiger partial charge in [0.15, 0.2) is 0 Å². The summed E-state index contributed by atoms with van der Waals surface area (Å²) in [5.41, 5.74) is 0.372. The lowest BCUT2D eigenvalue weighted by atomic mass is 10.1. The Labute approximate surface area is 208 Å². The Hall–Kier alpha value is -2.97. The van der Waals surface area contributed by atoms with Crippen molar-refractivity contribution in [1.29, 1.82) is 0 Å². The summed E-state index contributed by atoms with van der Waals surface area (Å²) in [6.07, 6.45) is 10.0. The maximum Gasteiger partial charge on any atom is 0.269 e. The molecule has 1 aliphatic rings. The number of hydrogen-bond donors (Lipinski definition) is 0. The first-order chi connectivity index (χ1) is 16.6. The molecule has 0 spiro atoms. The molecule has 0 unspecified atom stereocenters. The lowest BCUT2D eigenvalue weighted by Crippen LogP contribution is -2.29. The highest BCUT2D eigenvalue weighted by Gasteiger charge is 2.32. The van der Waals surface area contributed by atoms with Gasteiger partial charge < -0.3 is 4.74 Å². The highest BCUT2D eigenvalue weighted by atomic mass is 32.2. The van der Waals surface area contributed by atoms with Crippen LogP contribution in [-0.4, -0.2) is 31.1 Å². The summed E-state index contributed by atoms with van der Waals surface area (Å²) in [5.74, 6) is 0.537. The summed E-state index contributed by atoms with van der Waals surface area (Å²) in [6, 6.07) is 14.5. The Bertz CT molecular complexity index is 1270. The molecule has 1 aromatic carbocycles. The van der Waals surface area contributed by atoms with Crippen LogP contribution in [0, 0.1) is 0 Å². The number of carbonyl (C=O) groups is 1. The van der Waals surface area contributed by atoms with Gasteiger partial charge in [0.2, 0.25) is 5.88 Å². The van der Waals surface area contributed by atoms with Crippen molar-refractivity contribution in [2.45, 2.75) is 45.4 Å². The fraction of sp³-hybridized carbons (Fsp3) is 0.308. The first-order valence-electron chi connectivity index (χ1n) is 11.6. The molecule has 34 heavy (non-hydrogen) atoms. The van der Waals surface area contributed by atoms with Crippen molar-refractivity contribution in [3.8, 4) is 11.6 Å². The van der Waals surface area contributed by atoms with Crippen LogP contribution in [0.3, 0.4) is 0 Å². The molecule has 3 heterocycles. The van der Waals surface area contributed by atoms with E-state index < -0.39 is 0 Å². The molecule has 1 fully saturated rings. The molecule has 2 aromatic heterocycles. The van der Waals surface area contributed by atoms with E-state index in [2.05, 4.69) is 11.9 Å². The number of pyridine rings is 1. The Morgan fingerprint density at radius 1 is 1.00 bits per heavy atom. The normalized spacial score (nSPS) is 15.0. The van der Waals surface area contributed by atoms with Crippen LogP contribution in [0.15, 0.2) is 64.4 Å². The van der Waals surface area contributed by atoms with Gasteiger partial charge >= 0.3 is 0 Å². The van der Waals surface area contributed by atoms with Crippen molar-refractivity contribution >= 4 is 45.9 Å². The highest BCUT2D eigenvalue weighted by molar-refractivity contribution is 8.26. The minimum atomic E-state index is -0.308. The van der Waals surface area contributed by atoms with E-state index >= 15 is 0 Å². The second kappa shape index (κ2) is 11.4. The number of nitrogens with zero attached hydrogens (tertiary/aromatic N) is 3. The monoisotopic (exact) mass is 493 g/mol. The first kappa shape index (κ1) is 24.2. The van der Waals surface area contributed by atoms with E-state index in [9.17, 15) is 9.59 Å². The number of hydrogen-bond acceptors (Lipinski definition) is 6. The largest absolute Gasteiger partial charge is 0.438 e. The zero-order chi connectivity index (χ0) is 23.9. The molecule has 1 saturated heterocycles. The number of para-hydroxylation sites is 1. The van der Waals surface area contributed by atoms with Gasteiger partial charge in [0.1, 0.15) is 21.3 Å². The van der Waals surface area contributed by atoms with Crippen molar-refractivity contribution in [2.24, 2.45) is 0 Å². The molecule has 1 aliphatic heterocycles. The van der Waals surface area contributed by atoms with Gasteiger partial charge in [-0.1, -0.05) is 87.3 Å². The van der Waals surface area contributed by atoms with E-state index in [1.807, 2.05) is 18.2 Å². The van der Waals surface area contributed by atoms with E-state index in [-0.39, 0.29) is 22.9 Å². The van der Waals surface area contributed by atoms with Crippen molar-refractivity contribution in [2.75, 3.05) is 6.54 Å². The topological polar surface area (TPSA) is 63.9 Å². The maximum absolute atomic E-state index is 13.3. The second-order valence-electron chi connectivity index (χ2n) is 8.08. The highest BCUT2D eigenvalue weighted by Crippen LogP contribution is 2.34. The van der Waals surface area contributed by atoms with Crippen molar-refractivity contribution in [1.82, 2.24) is 14.3 Å². The minimum absolute atomic E-state index is 0.156. The fourth-order valence-corrected chi connectivity index (χ4v) is 5.05. The number of fused-ring (bicyclic) bond motifs is 1. The van der Waals surface area contributed by atoms with Crippen LogP contribution >= 0.6 is 24.0 Å². The number of thiocarbonyl (C=S) groups is 1. The van der Waals surface area contributed by atoms with E-state index in [1.54, 1.807) is 47.5 Å². The van der Waals surface area contributed by atoms with Crippen molar-refractivity contribution < 1.29 is 9.53 Å². The molecule has 3 aromatic rings.